The van der Waals surface area contributed by atoms with Gasteiger partial charge in [-0.1, -0.05) is 12.1 Å². The molecule has 2 aromatic carbocycles. The molecule has 8 nitrogen and oxygen atoms in total. The molecule has 1 amide bonds. The maximum absolute atomic E-state index is 13.1. The highest BCUT2D eigenvalue weighted by atomic mass is 16.6. The second kappa shape index (κ2) is 7.30. The lowest BCUT2D eigenvalue weighted by Crippen LogP contribution is -2.39. The van der Waals surface area contributed by atoms with Crippen molar-refractivity contribution in [3.05, 3.63) is 64.0 Å². The number of piperidine rings is 1. The van der Waals surface area contributed by atoms with Gasteiger partial charge in [0.25, 0.3) is 11.6 Å². The molecule has 28 heavy (non-hydrogen) atoms. The number of nitro benzene ring substituents is 1. The Morgan fingerprint density at radius 3 is 2.89 bits per heavy atom. The summed E-state index contributed by atoms with van der Waals surface area (Å²) < 4.78 is 0. The van der Waals surface area contributed by atoms with Gasteiger partial charge in [0.1, 0.15) is 5.82 Å². The van der Waals surface area contributed by atoms with Gasteiger partial charge in [-0.05, 0) is 31.0 Å². The van der Waals surface area contributed by atoms with E-state index in [0.29, 0.717) is 24.3 Å². The topological polar surface area (TPSA) is 104 Å². The van der Waals surface area contributed by atoms with Crippen LogP contribution in [0.5, 0.6) is 0 Å². The minimum Gasteiger partial charge on any atom is -0.387 e. The lowest BCUT2D eigenvalue weighted by Gasteiger charge is -2.32. The van der Waals surface area contributed by atoms with E-state index in [-0.39, 0.29) is 17.5 Å². The summed E-state index contributed by atoms with van der Waals surface area (Å²) in [5.74, 6) is 0.794. The van der Waals surface area contributed by atoms with Crippen molar-refractivity contribution in [1.82, 2.24) is 14.9 Å². The molecule has 1 fully saturated rings. The number of imidazole rings is 1. The zero-order valence-electron chi connectivity index (χ0n) is 15.5. The Balaban J connectivity index is 1.60. The third-order valence-electron chi connectivity index (χ3n) is 5.22. The van der Waals surface area contributed by atoms with Crippen molar-refractivity contribution in [3.63, 3.8) is 0 Å². The monoisotopic (exact) mass is 379 g/mol. The molecule has 2 N–H and O–H groups in total. The summed E-state index contributed by atoms with van der Waals surface area (Å²) in [6.07, 6.45) is 1.80. The normalized spacial score (nSPS) is 16.9. The summed E-state index contributed by atoms with van der Waals surface area (Å²) in [5, 5.41) is 14.1. The van der Waals surface area contributed by atoms with E-state index in [1.807, 2.05) is 24.3 Å². The first kappa shape index (κ1) is 18.0. The second-order valence-electron chi connectivity index (χ2n) is 6.97. The zero-order chi connectivity index (χ0) is 19.7. The number of aromatic amines is 1. The third-order valence-corrected chi connectivity index (χ3v) is 5.22. The summed E-state index contributed by atoms with van der Waals surface area (Å²) >= 11 is 0. The first-order valence-electron chi connectivity index (χ1n) is 9.27. The average Bonchev–Trinajstić information content (AvgIpc) is 3.17. The molecule has 3 aromatic rings. The molecule has 8 heteroatoms. The number of carbonyl (C=O) groups excluding carboxylic acids is 1. The minimum atomic E-state index is -0.483. The molecule has 1 saturated heterocycles. The van der Waals surface area contributed by atoms with E-state index >= 15 is 0 Å². The van der Waals surface area contributed by atoms with E-state index in [2.05, 4.69) is 15.3 Å². The van der Waals surface area contributed by atoms with E-state index in [1.54, 1.807) is 18.0 Å². The summed E-state index contributed by atoms with van der Waals surface area (Å²) in [4.78, 5) is 33.6. The number of hydrogen-bond acceptors (Lipinski definition) is 5. The van der Waals surface area contributed by atoms with Crippen molar-refractivity contribution in [2.45, 2.75) is 18.8 Å². The van der Waals surface area contributed by atoms with Gasteiger partial charge in [-0.2, -0.15) is 0 Å². The fourth-order valence-corrected chi connectivity index (χ4v) is 3.76. The van der Waals surface area contributed by atoms with E-state index in [1.165, 1.54) is 12.1 Å². The number of aromatic nitrogens is 2. The van der Waals surface area contributed by atoms with Crippen LogP contribution in [0.1, 0.15) is 34.9 Å². The molecule has 1 aliphatic heterocycles. The van der Waals surface area contributed by atoms with Crippen LogP contribution in [-0.2, 0) is 0 Å². The van der Waals surface area contributed by atoms with Gasteiger partial charge in [0.15, 0.2) is 0 Å². The van der Waals surface area contributed by atoms with Crippen LogP contribution in [0.15, 0.2) is 42.5 Å². The van der Waals surface area contributed by atoms with Gasteiger partial charge >= 0.3 is 0 Å². The van der Waals surface area contributed by atoms with Gasteiger partial charge in [0.05, 0.1) is 21.5 Å². The number of nitro groups is 1. The average molecular weight is 379 g/mol. The molecular formula is C20H21N5O3. The van der Waals surface area contributed by atoms with Crippen LogP contribution in [-0.4, -0.2) is 45.8 Å². The summed E-state index contributed by atoms with van der Waals surface area (Å²) in [5.41, 5.74) is 2.71. The number of fused-ring (bicyclic) bond motifs is 1. The number of rotatable bonds is 4. The molecular weight excluding hydrogens is 358 g/mol. The van der Waals surface area contributed by atoms with Crippen molar-refractivity contribution in [3.8, 4) is 0 Å². The molecule has 2 heterocycles. The number of benzene rings is 2. The minimum absolute atomic E-state index is 0.0896. The van der Waals surface area contributed by atoms with Crippen LogP contribution in [0.3, 0.4) is 0 Å². The number of likely N-dealkylation sites (tertiary alicyclic amines) is 1. The van der Waals surface area contributed by atoms with Crippen LogP contribution in [0, 0.1) is 10.1 Å². The van der Waals surface area contributed by atoms with Crippen LogP contribution in [0.2, 0.25) is 0 Å². The Morgan fingerprint density at radius 2 is 2.14 bits per heavy atom. The van der Waals surface area contributed by atoms with Crippen molar-refractivity contribution in [1.29, 1.82) is 0 Å². The number of non-ortho nitro benzene ring substituents is 1. The highest BCUT2D eigenvalue weighted by molar-refractivity contribution is 6.00. The van der Waals surface area contributed by atoms with Gasteiger partial charge in [-0.25, -0.2) is 4.98 Å². The van der Waals surface area contributed by atoms with E-state index < -0.39 is 4.92 Å². The number of anilines is 1. The largest absolute Gasteiger partial charge is 0.387 e. The number of hydrogen-bond donors (Lipinski definition) is 2. The van der Waals surface area contributed by atoms with Crippen molar-refractivity contribution in [2.24, 2.45) is 0 Å². The Hall–Kier alpha value is -3.42. The predicted molar refractivity (Wildman–Crippen MR) is 107 cm³/mol. The maximum Gasteiger partial charge on any atom is 0.270 e. The predicted octanol–water partition coefficient (Wildman–Crippen LogP) is 3.53. The highest BCUT2D eigenvalue weighted by Crippen LogP contribution is 2.29. The van der Waals surface area contributed by atoms with E-state index in [0.717, 1.165) is 29.7 Å². The van der Waals surface area contributed by atoms with Gasteiger partial charge in [-0.3, -0.25) is 14.9 Å². The van der Waals surface area contributed by atoms with Crippen LogP contribution >= 0.6 is 0 Å². The van der Waals surface area contributed by atoms with E-state index in [9.17, 15) is 14.9 Å². The van der Waals surface area contributed by atoms with Crippen molar-refractivity contribution >= 4 is 28.3 Å². The molecule has 0 spiro atoms. The lowest BCUT2D eigenvalue weighted by atomic mass is 9.96. The summed E-state index contributed by atoms with van der Waals surface area (Å²) in [6, 6.07) is 12.2. The second-order valence-corrected chi connectivity index (χ2v) is 6.97. The molecule has 0 aliphatic carbocycles. The Labute approximate surface area is 161 Å². The number of carbonyl (C=O) groups is 1. The summed E-state index contributed by atoms with van der Waals surface area (Å²) in [6.45, 7) is 1.16. The fourth-order valence-electron chi connectivity index (χ4n) is 3.76. The molecule has 1 aromatic heterocycles. The number of nitrogens with zero attached hydrogens (tertiary/aromatic N) is 3. The number of H-pyrrole nitrogens is 1. The van der Waals surface area contributed by atoms with E-state index in [4.69, 9.17) is 0 Å². The van der Waals surface area contributed by atoms with Crippen molar-refractivity contribution in [2.75, 3.05) is 25.5 Å². The molecule has 1 atom stereocenters. The maximum atomic E-state index is 13.1. The Kier molecular flexibility index (Phi) is 4.68. The first-order valence-corrected chi connectivity index (χ1v) is 9.27. The zero-order valence-corrected chi connectivity index (χ0v) is 15.5. The number of amides is 1. The van der Waals surface area contributed by atoms with Crippen LogP contribution in [0.4, 0.5) is 11.4 Å². The van der Waals surface area contributed by atoms with Gasteiger partial charge in [0, 0.05) is 43.9 Å². The molecule has 0 saturated carbocycles. The van der Waals surface area contributed by atoms with Gasteiger partial charge < -0.3 is 15.2 Å². The smallest absolute Gasteiger partial charge is 0.270 e. The molecule has 1 unspecified atom stereocenters. The summed E-state index contributed by atoms with van der Waals surface area (Å²) in [7, 11) is 1.70. The van der Waals surface area contributed by atoms with Crippen LogP contribution in [0.25, 0.3) is 11.0 Å². The van der Waals surface area contributed by atoms with Crippen molar-refractivity contribution < 1.29 is 9.72 Å². The molecule has 0 bridgehead atoms. The number of para-hydroxylation sites is 2. The fraction of sp³-hybridized carbons (Fsp3) is 0.300. The van der Waals surface area contributed by atoms with Crippen LogP contribution < -0.4 is 5.32 Å². The number of nitrogens with one attached hydrogen (secondary N) is 2. The molecule has 1 aliphatic rings. The Bertz CT molecular complexity index is 1010. The van der Waals surface area contributed by atoms with Gasteiger partial charge in [0.2, 0.25) is 0 Å². The first-order chi connectivity index (χ1) is 13.6. The third kappa shape index (κ3) is 3.28. The molecule has 4 rings (SSSR count). The quantitative estimate of drug-likeness (QED) is 0.533. The standard InChI is InChI=1S/C20H21N5O3/c1-21-16-9-8-14(25(27)28)11-15(16)20(26)24-10-4-5-13(12-24)19-22-17-6-2-3-7-18(17)23-19/h2-3,6-9,11,13,21H,4-5,10,12H2,1H3,(H,22,23). The molecule has 144 valence electrons. The SMILES string of the molecule is CNc1ccc([N+](=O)[O-])cc1C(=O)N1CCCC(c2nc3ccccc3[nH]2)C1. The molecule has 0 radical (unpaired) electrons. The lowest BCUT2D eigenvalue weighted by molar-refractivity contribution is -0.384. The van der Waals surface area contributed by atoms with Gasteiger partial charge in [-0.15, -0.1) is 0 Å². The highest BCUT2D eigenvalue weighted by Gasteiger charge is 2.29. The Morgan fingerprint density at radius 1 is 1.32 bits per heavy atom.